The van der Waals surface area contributed by atoms with Crippen LogP contribution >= 0.6 is 12.6 Å². The van der Waals surface area contributed by atoms with Gasteiger partial charge < -0.3 is 32.5 Å². The van der Waals surface area contributed by atoms with E-state index >= 15 is 0 Å². The van der Waals surface area contributed by atoms with Crippen molar-refractivity contribution in [3.05, 3.63) is 0 Å². The number of aliphatic carboxylic acids is 1. The molecule has 0 rings (SSSR count). The second kappa shape index (κ2) is 12.1. The molecule has 0 bridgehead atoms. The highest BCUT2D eigenvalue weighted by molar-refractivity contribution is 7.80. The molecule has 0 spiro atoms. The predicted octanol–water partition coefficient (Wildman–Crippen LogP) is -2.66. The zero-order valence-electron chi connectivity index (χ0n) is 15.2. The summed E-state index contributed by atoms with van der Waals surface area (Å²) in [4.78, 5) is 58.2. The average Bonchev–Trinajstić information content (AvgIpc) is 2.59. The summed E-state index contributed by atoms with van der Waals surface area (Å²) in [6, 6.07) is -3.15. The van der Waals surface area contributed by atoms with Gasteiger partial charge in [0.1, 0.15) is 18.6 Å². The van der Waals surface area contributed by atoms with Gasteiger partial charge in [-0.1, -0.05) is 13.8 Å². The first-order valence-electron chi connectivity index (χ1n) is 8.24. The summed E-state index contributed by atoms with van der Waals surface area (Å²) >= 11 is 3.90. The maximum absolute atomic E-state index is 12.5. The van der Waals surface area contributed by atoms with Crippen molar-refractivity contribution in [3.63, 3.8) is 0 Å². The Morgan fingerprint density at radius 2 is 1.63 bits per heavy atom. The molecule has 0 aromatic heterocycles. The van der Waals surface area contributed by atoms with E-state index in [1.807, 2.05) is 0 Å². The molecule has 12 heteroatoms. The Bertz CT molecular complexity index is 571. The summed E-state index contributed by atoms with van der Waals surface area (Å²) in [5, 5.41) is 15.7. The lowest BCUT2D eigenvalue weighted by molar-refractivity contribution is -0.139. The van der Waals surface area contributed by atoms with E-state index in [-0.39, 0.29) is 24.5 Å². The third-order valence-electron chi connectivity index (χ3n) is 3.51. The molecule has 0 saturated carbocycles. The minimum atomic E-state index is -1.23. The van der Waals surface area contributed by atoms with Crippen LogP contribution in [0.1, 0.15) is 26.7 Å². The van der Waals surface area contributed by atoms with Crippen LogP contribution in [0.15, 0.2) is 0 Å². The summed E-state index contributed by atoms with van der Waals surface area (Å²) in [6.45, 7) is 2.70. The van der Waals surface area contributed by atoms with Crippen molar-refractivity contribution in [1.29, 1.82) is 0 Å². The Morgan fingerprint density at radius 1 is 1.04 bits per heavy atom. The molecule has 3 atom stereocenters. The number of primary amides is 1. The fourth-order valence-electron chi connectivity index (χ4n) is 1.98. The highest BCUT2D eigenvalue weighted by Crippen LogP contribution is 2.05. The van der Waals surface area contributed by atoms with Crippen molar-refractivity contribution in [2.24, 2.45) is 17.4 Å². The van der Waals surface area contributed by atoms with Crippen LogP contribution < -0.4 is 27.4 Å². The monoisotopic (exact) mass is 405 g/mol. The first-order chi connectivity index (χ1) is 12.5. The third kappa shape index (κ3) is 9.80. The Hall–Kier alpha value is -2.34. The molecule has 4 amide bonds. The number of thiol groups is 1. The second-order valence-corrected chi connectivity index (χ2v) is 6.56. The molecule has 27 heavy (non-hydrogen) atoms. The number of hydrogen-bond acceptors (Lipinski definition) is 7. The predicted molar refractivity (Wildman–Crippen MR) is 99.6 cm³/mol. The first kappa shape index (κ1) is 24.7. The van der Waals surface area contributed by atoms with Crippen molar-refractivity contribution >= 4 is 42.2 Å². The van der Waals surface area contributed by atoms with E-state index in [4.69, 9.17) is 16.6 Å². The number of hydrogen-bond donors (Lipinski definition) is 7. The number of rotatable bonds is 12. The molecule has 3 unspecified atom stereocenters. The van der Waals surface area contributed by atoms with Crippen LogP contribution in [0.3, 0.4) is 0 Å². The molecule has 0 radical (unpaired) electrons. The van der Waals surface area contributed by atoms with E-state index in [9.17, 15) is 24.0 Å². The lowest BCUT2D eigenvalue weighted by Crippen LogP contribution is -2.57. The molecule has 0 heterocycles. The number of nitrogens with two attached hydrogens (primary N) is 2. The number of amides is 4. The lowest BCUT2D eigenvalue weighted by atomic mass is 10.0. The van der Waals surface area contributed by atoms with E-state index in [1.165, 1.54) is 0 Å². The van der Waals surface area contributed by atoms with E-state index in [1.54, 1.807) is 13.8 Å². The Balaban J connectivity index is 5.18. The van der Waals surface area contributed by atoms with Crippen molar-refractivity contribution in [2.75, 3.05) is 12.3 Å². The fraction of sp³-hybridized carbons (Fsp3) is 0.667. The second-order valence-electron chi connectivity index (χ2n) is 6.20. The van der Waals surface area contributed by atoms with E-state index in [0.717, 1.165) is 0 Å². The molecule has 154 valence electrons. The van der Waals surface area contributed by atoms with Crippen LogP contribution in [0, 0.1) is 5.92 Å². The third-order valence-corrected chi connectivity index (χ3v) is 3.90. The lowest BCUT2D eigenvalue weighted by Gasteiger charge is -2.25. The quantitative estimate of drug-likeness (QED) is 0.172. The average molecular weight is 405 g/mol. The zero-order valence-corrected chi connectivity index (χ0v) is 16.1. The molecular weight excluding hydrogens is 378 g/mol. The van der Waals surface area contributed by atoms with Gasteiger partial charge in [0, 0.05) is 12.2 Å². The molecule has 8 N–H and O–H groups in total. The van der Waals surface area contributed by atoms with E-state index in [2.05, 4.69) is 28.6 Å². The molecule has 0 fully saturated rings. The van der Waals surface area contributed by atoms with Gasteiger partial charge >= 0.3 is 5.97 Å². The molecule has 0 aliphatic carbocycles. The topological polar surface area (TPSA) is 194 Å². The zero-order chi connectivity index (χ0) is 21.1. The standard InChI is InChI=1S/C15H27N5O6S/c1-7(2)12(15(26)18-5-11(22)23)20-14(25)9(3-4-10(17)21)19-13(24)8(16)6-27/h7-9,12,27H,3-6,16H2,1-2H3,(H2,17,21)(H,18,26)(H,19,24)(H,20,25)(H,22,23). The summed E-state index contributed by atoms with van der Waals surface area (Å²) < 4.78 is 0. The number of carboxylic acids is 1. The molecule has 0 aromatic rings. The maximum Gasteiger partial charge on any atom is 0.322 e. The van der Waals surface area contributed by atoms with Crippen LogP contribution in [0.2, 0.25) is 0 Å². The number of carbonyl (C=O) groups excluding carboxylic acids is 4. The molecule has 11 nitrogen and oxygen atoms in total. The molecule has 0 saturated heterocycles. The highest BCUT2D eigenvalue weighted by Gasteiger charge is 2.29. The van der Waals surface area contributed by atoms with Gasteiger partial charge in [0.25, 0.3) is 0 Å². The summed E-state index contributed by atoms with van der Waals surface area (Å²) in [6.07, 6.45) is -0.264. The van der Waals surface area contributed by atoms with Crippen molar-refractivity contribution < 1.29 is 29.1 Å². The minimum absolute atomic E-state index is 0.0439. The van der Waals surface area contributed by atoms with Gasteiger partial charge in [0.05, 0.1) is 6.04 Å². The smallest absolute Gasteiger partial charge is 0.322 e. The van der Waals surface area contributed by atoms with Gasteiger partial charge in [-0.05, 0) is 12.3 Å². The van der Waals surface area contributed by atoms with Gasteiger partial charge in [-0.2, -0.15) is 12.6 Å². The number of carbonyl (C=O) groups is 5. The van der Waals surface area contributed by atoms with Crippen LogP contribution in [0.25, 0.3) is 0 Å². The SMILES string of the molecule is CC(C)C(NC(=O)C(CCC(N)=O)NC(=O)C(N)CS)C(=O)NCC(=O)O. The Morgan fingerprint density at radius 3 is 2.07 bits per heavy atom. The van der Waals surface area contributed by atoms with Crippen molar-refractivity contribution in [2.45, 2.75) is 44.8 Å². The van der Waals surface area contributed by atoms with Gasteiger partial charge in [0.15, 0.2) is 0 Å². The summed E-state index contributed by atoms with van der Waals surface area (Å²) in [7, 11) is 0. The molecular formula is C15H27N5O6S. The Kier molecular flexibility index (Phi) is 11.1. The van der Waals surface area contributed by atoms with Gasteiger partial charge in [-0.25, -0.2) is 0 Å². The number of carboxylic acid groups (broad SMARTS) is 1. The van der Waals surface area contributed by atoms with Crippen LogP contribution in [0.4, 0.5) is 0 Å². The normalized spacial score (nSPS) is 14.0. The summed E-state index contributed by atoms with van der Waals surface area (Å²) in [5.41, 5.74) is 10.6. The van der Waals surface area contributed by atoms with Gasteiger partial charge in [-0.15, -0.1) is 0 Å². The van der Waals surface area contributed by atoms with Gasteiger partial charge in [0.2, 0.25) is 23.6 Å². The van der Waals surface area contributed by atoms with Crippen LogP contribution in [-0.4, -0.2) is 65.1 Å². The van der Waals surface area contributed by atoms with Gasteiger partial charge in [-0.3, -0.25) is 24.0 Å². The maximum atomic E-state index is 12.5. The van der Waals surface area contributed by atoms with Crippen molar-refractivity contribution in [1.82, 2.24) is 16.0 Å². The fourth-order valence-corrected chi connectivity index (χ4v) is 2.14. The molecule has 0 aromatic carbocycles. The van der Waals surface area contributed by atoms with Crippen LogP contribution in [-0.2, 0) is 24.0 Å². The van der Waals surface area contributed by atoms with Crippen molar-refractivity contribution in [3.8, 4) is 0 Å². The molecule has 0 aliphatic rings. The highest BCUT2D eigenvalue weighted by atomic mass is 32.1. The van der Waals surface area contributed by atoms with Crippen LogP contribution in [0.5, 0.6) is 0 Å². The largest absolute Gasteiger partial charge is 0.480 e. The molecule has 0 aliphatic heterocycles. The first-order valence-corrected chi connectivity index (χ1v) is 8.87. The van der Waals surface area contributed by atoms with E-state index in [0.29, 0.717) is 0 Å². The number of nitrogens with one attached hydrogen (secondary N) is 3. The van der Waals surface area contributed by atoms with E-state index < -0.39 is 54.3 Å². The summed E-state index contributed by atoms with van der Waals surface area (Å²) in [5.74, 6) is -4.28. The Labute approximate surface area is 162 Å². The minimum Gasteiger partial charge on any atom is -0.480 e.